The predicted molar refractivity (Wildman–Crippen MR) is 177 cm³/mol. The summed E-state index contributed by atoms with van der Waals surface area (Å²) in [6.45, 7) is 0. The number of rotatable bonds is 6. The smallest absolute Gasteiger partial charge is 0.336 e. The summed E-state index contributed by atoms with van der Waals surface area (Å²) in [4.78, 5) is 48.0. The number of carbonyl (C=O) groups is 4. The van der Waals surface area contributed by atoms with Crippen LogP contribution in [0.4, 0.5) is 0 Å². The topological polar surface area (TPSA) is 109 Å². The summed E-state index contributed by atoms with van der Waals surface area (Å²) in [7, 11) is 0. The summed E-state index contributed by atoms with van der Waals surface area (Å²) in [5.41, 5.74) is 1.39. The van der Waals surface area contributed by atoms with Gasteiger partial charge in [0.05, 0.1) is 11.1 Å². The van der Waals surface area contributed by atoms with E-state index in [9.17, 15) is 29.4 Å². The summed E-state index contributed by atoms with van der Waals surface area (Å²) in [6, 6.07) is 34.7. The Morgan fingerprint density at radius 1 is 0.432 bits per heavy atom. The van der Waals surface area contributed by atoms with Crippen molar-refractivity contribution in [3.8, 4) is 0 Å². The molecule has 0 radical (unpaired) electrons. The van der Waals surface area contributed by atoms with Gasteiger partial charge in [0.1, 0.15) is 0 Å². The molecule has 0 aliphatic rings. The highest BCUT2D eigenvalue weighted by Crippen LogP contribution is 2.29. The first kappa shape index (κ1) is 30.5. The van der Waals surface area contributed by atoms with Crippen molar-refractivity contribution in [2.75, 3.05) is 0 Å². The summed E-state index contributed by atoms with van der Waals surface area (Å²) < 4.78 is 1.85. The Morgan fingerprint density at radius 2 is 0.909 bits per heavy atom. The van der Waals surface area contributed by atoms with Crippen molar-refractivity contribution in [2.45, 2.75) is 0 Å². The first-order chi connectivity index (χ1) is 21.2. The molecule has 2 N–H and O–H groups in total. The molecule has 0 unspecified atom stereocenters. The number of ketones is 2. The fourth-order valence-electron chi connectivity index (χ4n) is 4.89. The van der Waals surface area contributed by atoms with Crippen LogP contribution in [0.1, 0.15) is 52.6 Å². The van der Waals surface area contributed by atoms with Crippen LogP contribution < -0.4 is 0 Å². The molecule has 0 bridgehead atoms. The van der Waals surface area contributed by atoms with Gasteiger partial charge in [-0.15, -0.1) is 0 Å². The average molecular weight is 710 g/mol. The van der Waals surface area contributed by atoms with Gasteiger partial charge in [0, 0.05) is 31.2 Å². The number of carbonyl (C=O) groups excluding carboxylic acids is 2. The van der Waals surface area contributed by atoms with Crippen molar-refractivity contribution in [2.24, 2.45) is 0 Å². The van der Waals surface area contributed by atoms with E-state index in [0.717, 1.165) is 30.5 Å². The molecule has 0 heterocycles. The molecule has 6 rings (SSSR count). The number of carboxylic acids is 2. The molecule has 0 saturated carbocycles. The Labute approximate surface area is 268 Å². The Balaban J connectivity index is 0.000000175. The minimum atomic E-state index is -1.11. The van der Waals surface area contributed by atoms with Crippen molar-refractivity contribution < 1.29 is 29.4 Å². The van der Waals surface area contributed by atoms with Crippen LogP contribution >= 0.6 is 31.9 Å². The number of hydrogen-bond acceptors (Lipinski definition) is 4. The maximum atomic E-state index is 12.8. The molecule has 0 aliphatic carbocycles. The zero-order valence-corrected chi connectivity index (χ0v) is 26.0. The largest absolute Gasteiger partial charge is 0.478 e. The van der Waals surface area contributed by atoms with Gasteiger partial charge in [-0.05, 0) is 51.9 Å². The fourth-order valence-corrected chi connectivity index (χ4v) is 5.90. The van der Waals surface area contributed by atoms with Gasteiger partial charge in [0.25, 0.3) is 0 Å². The molecule has 0 fully saturated rings. The molecule has 0 saturated heterocycles. The minimum Gasteiger partial charge on any atom is -0.478 e. The van der Waals surface area contributed by atoms with Gasteiger partial charge in [-0.1, -0.05) is 123 Å². The summed E-state index contributed by atoms with van der Waals surface area (Å²) in [6.07, 6.45) is 0. The summed E-state index contributed by atoms with van der Waals surface area (Å²) in [5.74, 6) is -2.79. The molecule has 6 aromatic carbocycles. The Bertz CT molecular complexity index is 2100. The van der Waals surface area contributed by atoms with Gasteiger partial charge in [-0.3, -0.25) is 9.59 Å². The molecular formula is C36H22Br2O6. The Morgan fingerprint density at radius 3 is 1.52 bits per heavy atom. The predicted octanol–water partition coefficient (Wildman–Crippen LogP) is 9.06. The van der Waals surface area contributed by atoms with E-state index in [-0.39, 0.29) is 33.8 Å². The molecule has 0 aliphatic heterocycles. The normalized spacial score (nSPS) is 10.6. The molecule has 216 valence electrons. The van der Waals surface area contributed by atoms with Gasteiger partial charge in [0.2, 0.25) is 0 Å². The van der Waals surface area contributed by atoms with E-state index in [0.29, 0.717) is 11.1 Å². The van der Waals surface area contributed by atoms with E-state index in [1.54, 1.807) is 54.6 Å². The molecule has 6 nitrogen and oxygen atoms in total. The van der Waals surface area contributed by atoms with Crippen LogP contribution in [0.25, 0.3) is 21.5 Å². The van der Waals surface area contributed by atoms with E-state index in [4.69, 9.17) is 0 Å². The lowest BCUT2D eigenvalue weighted by molar-refractivity contribution is 0.0683. The van der Waals surface area contributed by atoms with Crippen LogP contribution in [-0.4, -0.2) is 33.7 Å². The quantitative estimate of drug-likeness (QED) is 0.167. The highest BCUT2D eigenvalue weighted by atomic mass is 79.9. The Hall–Kier alpha value is -4.92. The van der Waals surface area contributed by atoms with Crippen molar-refractivity contribution in [1.82, 2.24) is 0 Å². The van der Waals surface area contributed by atoms with E-state index < -0.39 is 11.9 Å². The summed E-state index contributed by atoms with van der Waals surface area (Å²) >= 11 is 6.94. The van der Waals surface area contributed by atoms with Crippen molar-refractivity contribution >= 4 is 76.9 Å². The Kier molecular flexibility index (Phi) is 9.13. The van der Waals surface area contributed by atoms with Crippen LogP contribution in [0.2, 0.25) is 0 Å². The van der Waals surface area contributed by atoms with Gasteiger partial charge in [-0.25, -0.2) is 9.59 Å². The molecule has 0 spiro atoms. The number of hydrogen-bond donors (Lipinski definition) is 2. The standard InChI is InChI=1S/2C18H11BrO3/c19-16-10-4-7-11-12(16)8-3-9-13(11)17(20)14-5-1-2-6-15(14)18(21)22;19-16-7-3-4-11-10-12(8-9-13(11)16)17(20)14-5-1-2-6-15(14)18(21)22/h2*1-10H,(H,21,22). The first-order valence-electron chi connectivity index (χ1n) is 13.3. The number of aromatic carboxylic acids is 2. The molecule has 0 atom stereocenters. The van der Waals surface area contributed by atoms with Gasteiger partial charge < -0.3 is 10.2 Å². The second-order valence-electron chi connectivity index (χ2n) is 9.68. The minimum absolute atomic E-state index is 0.0134. The van der Waals surface area contributed by atoms with Crippen molar-refractivity contribution in [1.29, 1.82) is 0 Å². The molecule has 6 aromatic rings. The highest BCUT2D eigenvalue weighted by molar-refractivity contribution is 9.11. The zero-order chi connectivity index (χ0) is 31.4. The van der Waals surface area contributed by atoms with Crippen LogP contribution in [0.3, 0.4) is 0 Å². The number of halogens is 2. The van der Waals surface area contributed by atoms with E-state index >= 15 is 0 Å². The average Bonchev–Trinajstić information content (AvgIpc) is 3.04. The molecular weight excluding hydrogens is 688 g/mol. The third-order valence-corrected chi connectivity index (χ3v) is 8.39. The maximum absolute atomic E-state index is 12.8. The maximum Gasteiger partial charge on any atom is 0.336 e. The van der Waals surface area contributed by atoms with Crippen LogP contribution in [0.15, 0.2) is 130 Å². The number of fused-ring (bicyclic) bond motifs is 2. The molecule has 44 heavy (non-hydrogen) atoms. The van der Waals surface area contributed by atoms with Crippen molar-refractivity contribution in [3.05, 3.63) is 164 Å². The lowest BCUT2D eigenvalue weighted by Gasteiger charge is -2.09. The number of benzene rings is 6. The third-order valence-electron chi connectivity index (χ3n) is 7.01. The van der Waals surface area contributed by atoms with Crippen molar-refractivity contribution in [3.63, 3.8) is 0 Å². The first-order valence-corrected chi connectivity index (χ1v) is 14.9. The van der Waals surface area contributed by atoms with Gasteiger partial charge >= 0.3 is 11.9 Å². The van der Waals surface area contributed by atoms with Gasteiger partial charge in [-0.2, -0.15) is 0 Å². The van der Waals surface area contributed by atoms with Crippen LogP contribution in [-0.2, 0) is 0 Å². The number of carboxylic acid groups (broad SMARTS) is 2. The third kappa shape index (κ3) is 6.22. The van der Waals surface area contributed by atoms with Gasteiger partial charge in [0.15, 0.2) is 11.6 Å². The molecule has 8 heteroatoms. The highest BCUT2D eigenvalue weighted by Gasteiger charge is 2.20. The second-order valence-corrected chi connectivity index (χ2v) is 11.4. The fraction of sp³-hybridized carbons (Fsp3) is 0. The van der Waals surface area contributed by atoms with E-state index in [1.807, 2.05) is 48.5 Å². The molecule has 0 amide bonds. The van der Waals surface area contributed by atoms with Crippen LogP contribution in [0, 0.1) is 0 Å². The SMILES string of the molecule is O=C(O)c1ccccc1C(=O)c1ccc2c(Br)cccc2c1.O=C(O)c1ccccc1C(=O)c1cccc2c(Br)cccc12. The summed E-state index contributed by atoms with van der Waals surface area (Å²) in [5, 5.41) is 22.1. The molecule has 0 aromatic heterocycles. The van der Waals surface area contributed by atoms with E-state index in [2.05, 4.69) is 31.9 Å². The van der Waals surface area contributed by atoms with Crippen LogP contribution in [0.5, 0.6) is 0 Å². The second kappa shape index (κ2) is 13.2. The lowest BCUT2D eigenvalue weighted by Crippen LogP contribution is -2.09. The monoisotopic (exact) mass is 708 g/mol. The van der Waals surface area contributed by atoms with E-state index in [1.165, 1.54) is 18.2 Å². The lowest BCUT2D eigenvalue weighted by atomic mass is 9.94. The zero-order valence-electron chi connectivity index (χ0n) is 22.8.